The lowest BCUT2D eigenvalue weighted by molar-refractivity contribution is 0.0427. The molecule has 1 aromatic carbocycles. The van der Waals surface area contributed by atoms with Gasteiger partial charge in [-0.1, -0.05) is 18.2 Å². The number of halogens is 1. The van der Waals surface area contributed by atoms with Gasteiger partial charge in [-0.05, 0) is 49.8 Å². The Balaban J connectivity index is 1.85. The number of aryl methyl sites for hydroxylation is 1. The van der Waals surface area contributed by atoms with Crippen LogP contribution in [-0.4, -0.2) is 47.5 Å². The van der Waals surface area contributed by atoms with E-state index in [1.165, 1.54) is 6.07 Å². The topological polar surface area (TPSA) is 43.7 Å². The number of piperidine rings is 1. The van der Waals surface area contributed by atoms with E-state index < -0.39 is 0 Å². The molecule has 0 aromatic heterocycles. The second-order valence-electron chi connectivity index (χ2n) is 5.65. The van der Waals surface area contributed by atoms with Crippen LogP contribution in [0.2, 0.25) is 0 Å². The van der Waals surface area contributed by atoms with Gasteiger partial charge in [-0.25, -0.2) is 4.39 Å². The van der Waals surface area contributed by atoms with Gasteiger partial charge in [0.25, 0.3) is 0 Å². The average molecular weight is 281 g/mol. The highest BCUT2D eigenvalue weighted by Crippen LogP contribution is 2.23. The Morgan fingerprint density at radius 1 is 1.25 bits per heavy atom. The number of hydrogen-bond acceptors (Lipinski definition) is 3. The first kappa shape index (κ1) is 15.4. The largest absolute Gasteiger partial charge is 0.395 e. The molecule has 112 valence electrons. The molecule has 0 radical (unpaired) electrons. The Kier molecular flexibility index (Phi) is 5.95. The Bertz CT molecular complexity index is 409. The molecule has 1 atom stereocenters. The lowest BCUT2D eigenvalue weighted by Crippen LogP contribution is -2.46. The van der Waals surface area contributed by atoms with Crippen molar-refractivity contribution in [2.45, 2.75) is 31.7 Å². The van der Waals surface area contributed by atoms with Crippen LogP contribution in [-0.2, 0) is 6.42 Å². The molecule has 1 aliphatic heterocycles. The van der Waals surface area contributed by atoms with Crippen LogP contribution in [0.4, 0.5) is 4.39 Å². The van der Waals surface area contributed by atoms with Gasteiger partial charge in [-0.3, -0.25) is 4.90 Å². The maximum Gasteiger partial charge on any atom is 0.126 e. The van der Waals surface area contributed by atoms with Gasteiger partial charge in [0.1, 0.15) is 5.82 Å². The SMILES string of the molecule is OCC(CO)N1CCCC(CCc2ccccc2F)C1. The zero-order chi connectivity index (χ0) is 14.4. The van der Waals surface area contributed by atoms with E-state index in [-0.39, 0.29) is 25.1 Å². The fraction of sp³-hybridized carbons (Fsp3) is 0.625. The highest BCUT2D eigenvalue weighted by Gasteiger charge is 2.25. The van der Waals surface area contributed by atoms with E-state index in [0.717, 1.165) is 44.3 Å². The van der Waals surface area contributed by atoms with Crippen molar-refractivity contribution in [1.82, 2.24) is 4.90 Å². The Morgan fingerprint density at radius 3 is 2.70 bits per heavy atom. The van der Waals surface area contributed by atoms with Crippen molar-refractivity contribution >= 4 is 0 Å². The minimum Gasteiger partial charge on any atom is -0.395 e. The van der Waals surface area contributed by atoms with Crippen molar-refractivity contribution in [2.75, 3.05) is 26.3 Å². The summed E-state index contributed by atoms with van der Waals surface area (Å²) in [6.45, 7) is 1.81. The van der Waals surface area contributed by atoms with Crippen LogP contribution in [0.25, 0.3) is 0 Å². The maximum atomic E-state index is 13.6. The summed E-state index contributed by atoms with van der Waals surface area (Å²) in [7, 11) is 0. The quantitative estimate of drug-likeness (QED) is 0.836. The molecule has 1 aromatic rings. The number of nitrogens with zero attached hydrogens (tertiary/aromatic N) is 1. The summed E-state index contributed by atoms with van der Waals surface area (Å²) >= 11 is 0. The van der Waals surface area contributed by atoms with E-state index in [1.54, 1.807) is 6.07 Å². The van der Waals surface area contributed by atoms with E-state index in [1.807, 2.05) is 12.1 Å². The molecule has 0 saturated carbocycles. The molecular formula is C16H24FNO2. The standard InChI is InChI=1S/C16H24FNO2/c17-16-6-2-1-5-14(16)8-7-13-4-3-9-18(10-13)15(11-19)12-20/h1-2,5-6,13,15,19-20H,3-4,7-12H2. The molecule has 1 heterocycles. The number of rotatable bonds is 6. The van der Waals surface area contributed by atoms with Crippen LogP contribution in [0.15, 0.2) is 24.3 Å². The van der Waals surface area contributed by atoms with E-state index in [9.17, 15) is 14.6 Å². The van der Waals surface area contributed by atoms with Crippen molar-refractivity contribution in [3.05, 3.63) is 35.6 Å². The summed E-state index contributed by atoms with van der Waals surface area (Å²) in [5, 5.41) is 18.5. The summed E-state index contributed by atoms with van der Waals surface area (Å²) in [4.78, 5) is 2.16. The van der Waals surface area contributed by atoms with Gasteiger partial charge >= 0.3 is 0 Å². The third-order valence-electron chi connectivity index (χ3n) is 4.27. The lowest BCUT2D eigenvalue weighted by atomic mass is 9.91. The highest BCUT2D eigenvalue weighted by atomic mass is 19.1. The fourth-order valence-corrected chi connectivity index (χ4v) is 3.01. The average Bonchev–Trinajstić information content (AvgIpc) is 2.48. The summed E-state index contributed by atoms with van der Waals surface area (Å²) in [6.07, 6.45) is 3.95. The summed E-state index contributed by atoms with van der Waals surface area (Å²) in [5.41, 5.74) is 0.783. The molecular weight excluding hydrogens is 257 g/mol. The van der Waals surface area contributed by atoms with Crippen molar-refractivity contribution in [3.8, 4) is 0 Å². The monoisotopic (exact) mass is 281 g/mol. The van der Waals surface area contributed by atoms with Gasteiger partial charge in [-0.2, -0.15) is 0 Å². The number of likely N-dealkylation sites (tertiary alicyclic amines) is 1. The molecule has 1 fully saturated rings. The van der Waals surface area contributed by atoms with Crippen molar-refractivity contribution < 1.29 is 14.6 Å². The molecule has 20 heavy (non-hydrogen) atoms. The van der Waals surface area contributed by atoms with Gasteiger partial charge in [0.2, 0.25) is 0 Å². The van der Waals surface area contributed by atoms with Crippen LogP contribution in [0.5, 0.6) is 0 Å². The van der Waals surface area contributed by atoms with Crippen LogP contribution < -0.4 is 0 Å². The van der Waals surface area contributed by atoms with Crippen LogP contribution in [0.3, 0.4) is 0 Å². The lowest BCUT2D eigenvalue weighted by Gasteiger charge is -2.37. The molecule has 0 aliphatic carbocycles. The molecule has 4 heteroatoms. The van der Waals surface area contributed by atoms with Gasteiger partial charge in [0, 0.05) is 6.54 Å². The Labute approximate surface area is 120 Å². The molecule has 1 saturated heterocycles. The molecule has 2 rings (SSSR count). The number of aliphatic hydroxyl groups is 2. The first-order chi connectivity index (χ1) is 9.74. The van der Waals surface area contributed by atoms with Gasteiger partial charge in [-0.15, -0.1) is 0 Å². The second-order valence-corrected chi connectivity index (χ2v) is 5.65. The van der Waals surface area contributed by atoms with Gasteiger partial charge in [0.05, 0.1) is 19.3 Å². The zero-order valence-electron chi connectivity index (χ0n) is 11.8. The van der Waals surface area contributed by atoms with Gasteiger partial charge < -0.3 is 10.2 Å². The third-order valence-corrected chi connectivity index (χ3v) is 4.27. The molecule has 3 nitrogen and oxygen atoms in total. The zero-order valence-corrected chi connectivity index (χ0v) is 11.8. The minimum atomic E-state index is -0.147. The number of hydrogen-bond donors (Lipinski definition) is 2. The van der Waals surface area contributed by atoms with E-state index >= 15 is 0 Å². The molecule has 0 amide bonds. The van der Waals surface area contributed by atoms with E-state index in [2.05, 4.69) is 4.90 Å². The summed E-state index contributed by atoms with van der Waals surface area (Å²) in [5.74, 6) is 0.396. The smallest absolute Gasteiger partial charge is 0.126 e. The van der Waals surface area contributed by atoms with E-state index in [0.29, 0.717) is 5.92 Å². The summed E-state index contributed by atoms with van der Waals surface area (Å²) < 4.78 is 13.6. The first-order valence-corrected chi connectivity index (χ1v) is 7.43. The number of benzene rings is 1. The predicted octanol–water partition coefficient (Wildman–Crippen LogP) is 1.82. The Morgan fingerprint density at radius 2 is 2.00 bits per heavy atom. The molecule has 0 bridgehead atoms. The number of aliphatic hydroxyl groups excluding tert-OH is 2. The summed E-state index contributed by atoms with van der Waals surface area (Å²) in [6, 6.07) is 6.80. The molecule has 1 aliphatic rings. The second kappa shape index (κ2) is 7.72. The Hall–Kier alpha value is -0.970. The molecule has 0 spiro atoms. The van der Waals surface area contributed by atoms with Crippen molar-refractivity contribution in [1.29, 1.82) is 0 Å². The minimum absolute atomic E-state index is 0.00344. The van der Waals surface area contributed by atoms with Crippen molar-refractivity contribution in [2.24, 2.45) is 5.92 Å². The van der Waals surface area contributed by atoms with Crippen molar-refractivity contribution in [3.63, 3.8) is 0 Å². The highest BCUT2D eigenvalue weighted by molar-refractivity contribution is 5.17. The van der Waals surface area contributed by atoms with Crippen LogP contribution in [0.1, 0.15) is 24.8 Å². The molecule has 2 N–H and O–H groups in total. The molecule has 1 unspecified atom stereocenters. The van der Waals surface area contributed by atoms with E-state index in [4.69, 9.17) is 0 Å². The van der Waals surface area contributed by atoms with Gasteiger partial charge in [0.15, 0.2) is 0 Å². The first-order valence-electron chi connectivity index (χ1n) is 7.43. The normalized spacial score (nSPS) is 20.5. The third kappa shape index (κ3) is 4.01. The predicted molar refractivity (Wildman–Crippen MR) is 77.0 cm³/mol. The van der Waals surface area contributed by atoms with Crippen LogP contribution in [0, 0.1) is 11.7 Å². The maximum absolute atomic E-state index is 13.6. The van der Waals surface area contributed by atoms with Crippen LogP contribution >= 0.6 is 0 Å². The fourth-order valence-electron chi connectivity index (χ4n) is 3.01.